The number of likely N-dealkylation sites (tertiary alicyclic amines) is 1. The van der Waals surface area contributed by atoms with Crippen LogP contribution >= 0.6 is 0 Å². The normalized spacial score (nSPS) is 16.6. The van der Waals surface area contributed by atoms with Gasteiger partial charge in [0.05, 0.1) is 18.2 Å². The molecule has 3 heterocycles. The molecule has 1 aromatic carbocycles. The van der Waals surface area contributed by atoms with Crippen molar-refractivity contribution in [2.24, 2.45) is 5.92 Å². The number of hydrogen-bond acceptors (Lipinski definition) is 6. The Bertz CT molecular complexity index is 990. The minimum absolute atomic E-state index is 0.0533. The molecule has 1 saturated heterocycles. The van der Waals surface area contributed by atoms with Crippen molar-refractivity contribution in [3.63, 3.8) is 0 Å². The summed E-state index contributed by atoms with van der Waals surface area (Å²) in [6, 6.07) is 9.73. The largest absolute Gasteiger partial charge is 0.481 e. The fourth-order valence-corrected chi connectivity index (χ4v) is 3.56. The number of carbonyl (C=O) groups excluding carboxylic acids is 1. The SMILES string of the molecule is COc1ccc(C(=O)N2CCCC(Cc3nc(-c4ccccc4F)no3)C2)cn1. The second kappa shape index (κ2) is 8.38. The van der Waals surface area contributed by atoms with Gasteiger partial charge >= 0.3 is 0 Å². The predicted molar refractivity (Wildman–Crippen MR) is 103 cm³/mol. The van der Waals surface area contributed by atoms with E-state index in [1.54, 1.807) is 30.3 Å². The highest BCUT2D eigenvalue weighted by atomic mass is 19.1. The first kappa shape index (κ1) is 19.0. The Labute approximate surface area is 167 Å². The Kier molecular flexibility index (Phi) is 5.50. The predicted octanol–water partition coefficient (Wildman–Crippen LogP) is 3.37. The number of rotatable bonds is 5. The molecule has 0 bridgehead atoms. The van der Waals surface area contributed by atoms with Gasteiger partial charge in [0, 0.05) is 31.8 Å². The molecule has 1 fully saturated rings. The average Bonchev–Trinajstić information content (AvgIpc) is 3.22. The molecule has 7 nitrogen and oxygen atoms in total. The number of amides is 1. The Balaban J connectivity index is 1.41. The molecule has 0 aliphatic carbocycles. The van der Waals surface area contributed by atoms with Gasteiger partial charge in [0.25, 0.3) is 5.91 Å². The first-order chi connectivity index (χ1) is 14.1. The zero-order valence-electron chi connectivity index (χ0n) is 16.0. The van der Waals surface area contributed by atoms with Crippen LogP contribution in [-0.2, 0) is 6.42 Å². The van der Waals surface area contributed by atoms with Gasteiger partial charge < -0.3 is 14.2 Å². The van der Waals surface area contributed by atoms with Crippen LogP contribution in [0.3, 0.4) is 0 Å². The second-order valence-electron chi connectivity index (χ2n) is 7.04. The van der Waals surface area contributed by atoms with Crippen molar-refractivity contribution in [2.45, 2.75) is 19.3 Å². The number of halogens is 1. The van der Waals surface area contributed by atoms with E-state index in [4.69, 9.17) is 9.26 Å². The first-order valence-corrected chi connectivity index (χ1v) is 9.51. The molecule has 0 spiro atoms. The van der Waals surface area contributed by atoms with E-state index in [0.717, 1.165) is 12.8 Å². The highest BCUT2D eigenvalue weighted by Crippen LogP contribution is 2.24. The van der Waals surface area contributed by atoms with Crippen molar-refractivity contribution in [3.8, 4) is 17.3 Å². The third-order valence-corrected chi connectivity index (χ3v) is 5.04. The summed E-state index contributed by atoms with van der Waals surface area (Å²) >= 11 is 0. The maximum atomic E-state index is 13.9. The molecular weight excluding hydrogens is 375 g/mol. The van der Waals surface area contributed by atoms with E-state index in [-0.39, 0.29) is 23.5 Å². The van der Waals surface area contributed by atoms with E-state index in [0.29, 0.717) is 42.4 Å². The van der Waals surface area contributed by atoms with E-state index in [1.807, 2.05) is 4.90 Å². The molecule has 1 amide bonds. The number of nitrogens with zero attached hydrogens (tertiary/aromatic N) is 4. The fourth-order valence-electron chi connectivity index (χ4n) is 3.56. The molecule has 1 unspecified atom stereocenters. The van der Waals surface area contributed by atoms with Crippen LogP contribution in [0, 0.1) is 11.7 Å². The summed E-state index contributed by atoms with van der Waals surface area (Å²) in [6.07, 6.45) is 3.94. The second-order valence-corrected chi connectivity index (χ2v) is 7.04. The van der Waals surface area contributed by atoms with Crippen LogP contribution in [0.15, 0.2) is 47.1 Å². The highest BCUT2D eigenvalue weighted by Gasteiger charge is 2.26. The van der Waals surface area contributed by atoms with Crippen molar-refractivity contribution >= 4 is 5.91 Å². The molecule has 1 aliphatic heterocycles. The maximum Gasteiger partial charge on any atom is 0.255 e. The lowest BCUT2D eigenvalue weighted by atomic mass is 9.94. The van der Waals surface area contributed by atoms with Gasteiger partial charge in [-0.05, 0) is 37.0 Å². The number of aromatic nitrogens is 3. The van der Waals surface area contributed by atoms with Crippen LogP contribution in [-0.4, -0.2) is 46.1 Å². The van der Waals surface area contributed by atoms with Gasteiger partial charge in [-0.25, -0.2) is 9.37 Å². The van der Waals surface area contributed by atoms with Gasteiger partial charge in [-0.3, -0.25) is 4.79 Å². The number of carbonyl (C=O) groups is 1. The van der Waals surface area contributed by atoms with Gasteiger partial charge in [-0.1, -0.05) is 17.3 Å². The summed E-state index contributed by atoms with van der Waals surface area (Å²) in [5, 5.41) is 3.90. The molecule has 0 radical (unpaired) electrons. The summed E-state index contributed by atoms with van der Waals surface area (Å²) in [7, 11) is 1.54. The molecule has 8 heteroatoms. The van der Waals surface area contributed by atoms with Crippen molar-refractivity contribution in [1.82, 2.24) is 20.0 Å². The Morgan fingerprint density at radius 3 is 2.93 bits per heavy atom. The number of piperidine rings is 1. The molecule has 0 saturated carbocycles. The minimum atomic E-state index is -0.387. The van der Waals surface area contributed by atoms with E-state index in [1.165, 1.54) is 19.4 Å². The van der Waals surface area contributed by atoms with Crippen molar-refractivity contribution in [1.29, 1.82) is 0 Å². The molecule has 29 heavy (non-hydrogen) atoms. The van der Waals surface area contributed by atoms with Gasteiger partial charge in [0.1, 0.15) is 5.82 Å². The quantitative estimate of drug-likeness (QED) is 0.658. The topological polar surface area (TPSA) is 81.4 Å². The van der Waals surface area contributed by atoms with Crippen molar-refractivity contribution < 1.29 is 18.4 Å². The monoisotopic (exact) mass is 396 g/mol. The average molecular weight is 396 g/mol. The van der Waals surface area contributed by atoms with E-state index < -0.39 is 0 Å². The molecule has 0 N–H and O–H groups in total. The first-order valence-electron chi connectivity index (χ1n) is 9.51. The van der Waals surface area contributed by atoms with Crippen LogP contribution < -0.4 is 4.74 Å². The molecular formula is C21H21FN4O3. The van der Waals surface area contributed by atoms with Crippen LogP contribution in [0.25, 0.3) is 11.4 Å². The zero-order chi connectivity index (χ0) is 20.2. The Hall–Kier alpha value is -3.29. The third-order valence-electron chi connectivity index (χ3n) is 5.04. The molecule has 4 rings (SSSR count). The number of ether oxygens (including phenoxy) is 1. The van der Waals surface area contributed by atoms with E-state index in [2.05, 4.69) is 15.1 Å². The standard InChI is InChI=1S/C21H21FN4O3/c1-28-18-9-8-15(12-23-18)21(27)26-10-4-5-14(13-26)11-19-24-20(25-29-19)16-6-2-3-7-17(16)22/h2-3,6-9,12,14H,4-5,10-11,13H2,1H3. The number of methoxy groups -OCH3 is 1. The van der Waals surface area contributed by atoms with Gasteiger partial charge in [0.15, 0.2) is 0 Å². The van der Waals surface area contributed by atoms with E-state index in [9.17, 15) is 9.18 Å². The van der Waals surface area contributed by atoms with Crippen LogP contribution in [0.4, 0.5) is 4.39 Å². The van der Waals surface area contributed by atoms with Crippen molar-refractivity contribution in [2.75, 3.05) is 20.2 Å². The molecule has 3 aromatic rings. The Morgan fingerprint density at radius 1 is 1.31 bits per heavy atom. The van der Waals surface area contributed by atoms with Crippen LogP contribution in [0.5, 0.6) is 5.88 Å². The lowest BCUT2D eigenvalue weighted by Gasteiger charge is -2.32. The van der Waals surface area contributed by atoms with Gasteiger partial charge in [-0.15, -0.1) is 0 Å². The van der Waals surface area contributed by atoms with Crippen molar-refractivity contribution in [3.05, 3.63) is 59.9 Å². The summed E-state index contributed by atoms with van der Waals surface area (Å²) in [6.45, 7) is 1.30. The molecule has 1 atom stereocenters. The number of benzene rings is 1. The third kappa shape index (κ3) is 4.26. The van der Waals surface area contributed by atoms with Gasteiger partial charge in [0.2, 0.25) is 17.6 Å². The zero-order valence-corrected chi connectivity index (χ0v) is 16.0. The van der Waals surface area contributed by atoms with Crippen LogP contribution in [0.2, 0.25) is 0 Å². The minimum Gasteiger partial charge on any atom is -0.481 e. The van der Waals surface area contributed by atoms with Crippen LogP contribution in [0.1, 0.15) is 29.1 Å². The summed E-state index contributed by atoms with van der Waals surface area (Å²) in [5.41, 5.74) is 0.848. The lowest BCUT2D eigenvalue weighted by Crippen LogP contribution is -2.40. The van der Waals surface area contributed by atoms with Gasteiger partial charge in [-0.2, -0.15) is 4.98 Å². The fraction of sp³-hybridized carbons (Fsp3) is 0.333. The summed E-state index contributed by atoms with van der Waals surface area (Å²) < 4.78 is 24.3. The Morgan fingerprint density at radius 2 is 2.17 bits per heavy atom. The maximum absolute atomic E-state index is 13.9. The summed E-state index contributed by atoms with van der Waals surface area (Å²) in [5.74, 6) is 0.928. The lowest BCUT2D eigenvalue weighted by molar-refractivity contribution is 0.0667. The number of hydrogen-bond donors (Lipinski definition) is 0. The summed E-state index contributed by atoms with van der Waals surface area (Å²) in [4.78, 5) is 23.0. The number of pyridine rings is 1. The van der Waals surface area contributed by atoms with E-state index >= 15 is 0 Å². The smallest absolute Gasteiger partial charge is 0.255 e. The highest BCUT2D eigenvalue weighted by molar-refractivity contribution is 5.94. The molecule has 2 aromatic heterocycles. The molecule has 150 valence electrons. The molecule has 1 aliphatic rings.